The summed E-state index contributed by atoms with van der Waals surface area (Å²) < 4.78 is 0. The fraction of sp³-hybridized carbons (Fsp3) is 0.182. The van der Waals surface area contributed by atoms with E-state index in [1.807, 2.05) is 13.0 Å². The monoisotopic (exact) mass is 209 g/mol. The standard InChI is InChI=1S/C11H12ClNO/c1-7(2)11(14)13-9-4-5-10(12)8(3)6-9/h4-6H,1H2,2-3H3,(H,13,14). The molecule has 1 rings (SSSR count). The maximum Gasteiger partial charge on any atom is 0.250 e. The smallest absolute Gasteiger partial charge is 0.250 e. The number of amides is 1. The highest BCUT2D eigenvalue weighted by Crippen LogP contribution is 2.19. The number of carbonyl (C=O) groups is 1. The first-order valence-corrected chi connectivity index (χ1v) is 4.61. The minimum atomic E-state index is -0.174. The molecule has 14 heavy (non-hydrogen) atoms. The summed E-state index contributed by atoms with van der Waals surface area (Å²) in [5, 5.41) is 3.41. The van der Waals surface area contributed by atoms with Crippen LogP contribution in [0.4, 0.5) is 5.69 Å². The molecule has 0 bridgehead atoms. The van der Waals surface area contributed by atoms with E-state index >= 15 is 0 Å². The van der Waals surface area contributed by atoms with Crippen LogP contribution in [0.1, 0.15) is 12.5 Å². The summed E-state index contributed by atoms with van der Waals surface area (Å²) in [4.78, 5) is 11.3. The van der Waals surface area contributed by atoms with Gasteiger partial charge in [-0.15, -0.1) is 0 Å². The number of hydrogen-bond acceptors (Lipinski definition) is 1. The molecule has 0 heterocycles. The maximum absolute atomic E-state index is 11.3. The third-order valence-electron chi connectivity index (χ3n) is 1.80. The van der Waals surface area contributed by atoms with E-state index in [0.29, 0.717) is 10.6 Å². The number of nitrogens with one attached hydrogen (secondary N) is 1. The lowest BCUT2D eigenvalue weighted by Crippen LogP contribution is -2.11. The van der Waals surface area contributed by atoms with Crippen LogP contribution in [0.3, 0.4) is 0 Å². The molecular weight excluding hydrogens is 198 g/mol. The van der Waals surface area contributed by atoms with Crippen molar-refractivity contribution in [3.63, 3.8) is 0 Å². The summed E-state index contributed by atoms with van der Waals surface area (Å²) in [6.45, 7) is 7.11. The molecule has 1 amide bonds. The van der Waals surface area contributed by atoms with Gasteiger partial charge in [-0.2, -0.15) is 0 Å². The van der Waals surface area contributed by atoms with Gasteiger partial charge in [-0.25, -0.2) is 0 Å². The Hall–Kier alpha value is -1.28. The number of halogens is 1. The van der Waals surface area contributed by atoms with Gasteiger partial charge in [-0.1, -0.05) is 18.2 Å². The van der Waals surface area contributed by atoms with Gasteiger partial charge in [0.05, 0.1) is 0 Å². The molecule has 2 nitrogen and oxygen atoms in total. The van der Waals surface area contributed by atoms with Crippen LogP contribution >= 0.6 is 11.6 Å². The van der Waals surface area contributed by atoms with Gasteiger partial charge < -0.3 is 5.32 Å². The molecule has 0 aromatic heterocycles. The van der Waals surface area contributed by atoms with Crippen molar-refractivity contribution in [3.05, 3.63) is 40.9 Å². The number of hydrogen-bond donors (Lipinski definition) is 1. The largest absolute Gasteiger partial charge is 0.322 e. The number of aryl methyl sites for hydroxylation is 1. The number of benzene rings is 1. The lowest BCUT2D eigenvalue weighted by molar-refractivity contribution is -0.112. The van der Waals surface area contributed by atoms with Crippen molar-refractivity contribution in [1.29, 1.82) is 0 Å². The minimum Gasteiger partial charge on any atom is -0.322 e. The molecule has 0 fully saturated rings. The third-order valence-corrected chi connectivity index (χ3v) is 2.23. The van der Waals surface area contributed by atoms with Crippen molar-refractivity contribution in [2.45, 2.75) is 13.8 Å². The van der Waals surface area contributed by atoms with Gasteiger partial charge in [0.15, 0.2) is 0 Å². The molecule has 0 atom stereocenters. The molecule has 1 aromatic rings. The molecule has 3 heteroatoms. The molecule has 0 aliphatic carbocycles. The molecule has 1 N–H and O–H groups in total. The summed E-state index contributed by atoms with van der Waals surface area (Å²) >= 11 is 5.85. The van der Waals surface area contributed by atoms with Gasteiger partial charge in [0.1, 0.15) is 0 Å². The van der Waals surface area contributed by atoms with E-state index in [9.17, 15) is 4.79 Å². The highest BCUT2D eigenvalue weighted by atomic mass is 35.5. The Morgan fingerprint density at radius 1 is 1.50 bits per heavy atom. The van der Waals surface area contributed by atoms with Gasteiger partial charge in [-0.3, -0.25) is 4.79 Å². The van der Waals surface area contributed by atoms with Crippen LogP contribution < -0.4 is 5.32 Å². The Labute approximate surface area is 88.6 Å². The van der Waals surface area contributed by atoms with Crippen molar-refractivity contribution in [1.82, 2.24) is 0 Å². The van der Waals surface area contributed by atoms with Crippen molar-refractivity contribution in [3.8, 4) is 0 Å². The Bertz CT molecular complexity index is 385. The van der Waals surface area contributed by atoms with Gasteiger partial charge in [0, 0.05) is 16.3 Å². The summed E-state index contributed by atoms with van der Waals surface area (Å²) in [5.74, 6) is -0.174. The Balaban J connectivity index is 2.83. The number of anilines is 1. The van der Waals surface area contributed by atoms with Gasteiger partial charge in [-0.05, 0) is 37.6 Å². The number of carbonyl (C=O) groups excluding carboxylic acids is 1. The maximum atomic E-state index is 11.3. The van der Waals surface area contributed by atoms with Crippen LogP contribution in [-0.4, -0.2) is 5.91 Å². The predicted molar refractivity (Wildman–Crippen MR) is 59.6 cm³/mol. The van der Waals surface area contributed by atoms with E-state index in [-0.39, 0.29) is 5.91 Å². The highest BCUT2D eigenvalue weighted by Gasteiger charge is 2.03. The average molecular weight is 210 g/mol. The number of rotatable bonds is 2. The molecule has 0 radical (unpaired) electrons. The van der Waals surface area contributed by atoms with Crippen LogP contribution in [0.2, 0.25) is 5.02 Å². The molecular formula is C11H12ClNO. The third kappa shape index (κ3) is 2.60. The van der Waals surface area contributed by atoms with Crippen molar-refractivity contribution in [2.24, 2.45) is 0 Å². The molecule has 1 aromatic carbocycles. The van der Waals surface area contributed by atoms with E-state index in [2.05, 4.69) is 11.9 Å². The van der Waals surface area contributed by atoms with Gasteiger partial charge in [0.25, 0.3) is 5.91 Å². The molecule has 0 unspecified atom stereocenters. The lowest BCUT2D eigenvalue weighted by atomic mass is 10.2. The van der Waals surface area contributed by atoms with Crippen molar-refractivity contribution >= 4 is 23.2 Å². The van der Waals surface area contributed by atoms with Crippen LogP contribution in [0.5, 0.6) is 0 Å². The van der Waals surface area contributed by atoms with E-state index < -0.39 is 0 Å². The fourth-order valence-corrected chi connectivity index (χ4v) is 1.08. The first kappa shape index (κ1) is 10.8. The molecule has 0 saturated carbocycles. The Kier molecular flexibility index (Phi) is 3.31. The zero-order valence-corrected chi connectivity index (χ0v) is 8.98. The zero-order chi connectivity index (χ0) is 10.7. The molecule has 0 aliphatic rings. The quantitative estimate of drug-likeness (QED) is 0.745. The van der Waals surface area contributed by atoms with Crippen molar-refractivity contribution in [2.75, 3.05) is 5.32 Å². The SMILES string of the molecule is C=C(C)C(=O)Nc1ccc(Cl)c(C)c1. The van der Waals surface area contributed by atoms with E-state index in [4.69, 9.17) is 11.6 Å². The van der Waals surface area contributed by atoms with Crippen LogP contribution in [0.15, 0.2) is 30.4 Å². The van der Waals surface area contributed by atoms with Crippen molar-refractivity contribution < 1.29 is 4.79 Å². The fourth-order valence-electron chi connectivity index (χ4n) is 0.960. The van der Waals surface area contributed by atoms with Crippen LogP contribution in [0.25, 0.3) is 0 Å². The first-order chi connectivity index (χ1) is 6.50. The topological polar surface area (TPSA) is 29.1 Å². The van der Waals surface area contributed by atoms with E-state index in [1.54, 1.807) is 19.1 Å². The zero-order valence-electron chi connectivity index (χ0n) is 8.23. The minimum absolute atomic E-state index is 0.174. The lowest BCUT2D eigenvalue weighted by Gasteiger charge is -2.06. The molecule has 74 valence electrons. The second kappa shape index (κ2) is 4.29. The molecule has 0 saturated heterocycles. The first-order valence-electron chi connectivity index (χ1n) is 4.23. The second-order valence-corrected chi connectivity index (χ2v) is 3.61. The summed E-state index contributed by atoms with van der Waals surface area (Å²) in [6, 6.07) is 5.34. The molecule has 0 spiro atoms. The second-order valence-electron chi connectivity index (χ2n) is 3.20. The predicted octanol–water partition coefficient (Wildman–Crippen LogP) is 3.16. The highest BCUT2D eigenvalue weighted by molar-refractivity contribution is 6.31. The Morgan fingerprint density at radius 3 is 2.64 bits per heavy atom. The average Bonchev–Trinajstić information content (AvgIpc) is 2.11. The molecule has 0 aliphatic heterocycles. The van der Waals surface area contributed by atoms with E-state index in [1.165, 1.54) is 0 Å². The Morgan fingerprint density at radius 2 is 2.14 bits per heavy atom. The normalized spacial score (nSPS) is 9.64. The van der Waals surface area contributed by atoms with Crippen LogP contribution in [0, 0.1) is 6.92 Å². The van der Waals surface area contributed by atoms with Gasteiger partial charge >= 0.3 is 0 Å². The van der Waals surface area contributed by atoms with E-state index in [0.717, 1.165) is 11.3 Å². The van der Waals surface area contributed by atoms with Crippen LogP contribution in [-0.2, 0) is 4.79 Å². The summed E-state index contributed by atoms with van der Waals surface area (Å²) in [6.07, 6.45) is 0. The van der Waals surface area contributed by atoms with Gasteiger partial charge in [0.2, 0.25) is 0 Å². The summed E-state index contributed by atoms with van der Waals surface area (Å²) in [7, 11) is 0. The summed E-state index contributed by atoms with van der Waals surface area (Å²) in [5.41, 5.74) is 2.16.